The van der Waals surface area contributed by atoms with E-state index in [4.69, 9.17) is 26.2 Å². The molecule has 7 N–H and O–H groups in total. The molecule has 0 fully saturated rings. The molecule has 0 saturated carbocycles. The highest BCUT2D eigenvalue weighted by molar-refractivity contribution is 9.03. The number of carboxylic acids is 2. The lowest BCUT2D eigenvalue weighted by molar-refractivity contribution is -0.138. The predicted octanol–water partition coefficient (Wildman–Crippen LogP) is -2.12. The average Bonchev–Trinajstić information content (AvgIpc) is 2.20. The van der Waals surface area contributed by atoms with E-state index in [1.807, 2.05) is 0 Å². The van der Waals surface area contributed by atoms with Gasteiger partial charge in [0.15, 0.2) is 11.8 Å². The molecular formula is C6H13N2O7S3+. The zero-order chi connectivity index (χ0) is 14.5. The van der Waals surface area contributed by atoms with Crippen molar-refractivity contribution in [3.05, 3.63) is 0 Å². The Hall–Kier alpha value is -0.530. The SMILES string of the molecule is N[C@@H](CS[S+](C[C@H](N)C(=O)O)S(=O)(=O)O)C(=O)O. The molecule has 0 heterocycles. The predicted molar refractivity (Wildman–Crippen MR) is 67.5 cm³/mol. The third-order valence-corrected chi connectivity index (χ3v) is 9.26. The van der Waals surface area contributed by atoms with E-state index in [-0.39, 0.29) is 5.75 Å². The van der Waals surface area contributed by atoms with Crippen molar-refractivity contribution in [2.24, 2.45) is 11.5 Å². The molecule has 0 aliphatic carbocycles. The molecule has 106 valence electrons. The lowest BCUT2D eigenvalue weighted by Crippen LogP contribution is -2.39. The van der Waals surface area contributed by atoms with Gasteiger partial charge in [0.05, 0.1) is 5.75 Å². The molecule has 9 nitrogen and oxygen atoms in total. The van der Waals surface area contributed by atoms with Crippen LogP contribution in [0.5, 0.6) is 0 Å². The van der Waals surface area contributed by atoms with Gasteiger partial charge in [0, 0.05) is 0 Å². The van der Waals surface area contributed by atoms with E-state index in [0.29, 0.717) is 10.8 Å². The molecule has 0 spiro atoms. The van der Waals surface area contributed by atoms with E-state index < -0.39 is 47.9 Å². The number of hydrogen-bond acceptors (Lipinski definition) is 7. The van der Waals surface area contributed by atoms with Gasteiger partial charge in [0.25, 0.3) is 0 Å². The Morgan fingerprint density at radius 3 is 1.94 bits per heavy atom. The number of nitrogens with two attached hydrogens (primary N) is 2. The van der Waals surface area contributed by atoms with Crippen LogP contribution < -0.4 is 11.5 Å². The summed E-state index contributed by atoms with van der Waals surface area (Å²) in [6, 6.07) is -2.78. The fraction of sp³-hybridized carbons (Fsp3) is 0.667. The number of aliphatic carboxylic acids is 2. The van der Waals surface area contributed by atoms with Crippen LogP contribution in [0.1, 0.15) is 0 Å². The van der Waals surface area contributed by atoms with Crippen LogP contribution in [0, 0.1) is 0 Å². The maximum absolute atomic E-state index is 11.0. The largest absolute Gasteiger partial charge is 0.480 e. The van der Waals surface area contributed by atoms with Crippen molar-refractivity contribution in [3.8, 4) is 0 Å². The van der Waals surface area contributed by atoms with E-state index in [1.54, 1.807) is 0 Å². The molecule has 0 aromatic rings. The minimum atomic E-state index is -4.52. The van der Waals surface area contributed by atoms with E-state index >= 15 is 0 Å². The van der Waals surface area contributed by atoms with Gasteiger partial charge in [0.2, 0.25) is 8.96 Å². The summed E-state index contributed by atoms with van der Waals surface area (Å²) in [5.74, 6) is -3.56. The van der Waals surface area contributed by atoms with Crippen molar-refractivity contribution in [1.82, 2.24) is 0 Å². The summed E-state index contributed by atoms with van der Waals surface area (Å²) in [4.78, 5) is 20.9. The van der Waals surface area contributed by atoms with Crippen molar-refractivity contribution in [2.45, 2.75) is 12.1 Å². The van der Waals surface area contributed by atoms with Gasteiger partial charge >= 0.3 is 21.1 Å². The van der Waals surface area contributed by atoms with Crippen LogP contribution in [-0.4, -0.2) is 58.7 Å². The first-order chi connectivity index (χ1) is 8.05. The molecule has 3 atom stereocenters. The van der Waals surface area contributed by atoms with Crippen LogP contribution in [-0.2, 0) is 27.7 Å². The van der Waals surface area contributed by atoms with E-state index in [2.05, 4.69) is 0 Å². The summed E-state index contributed by atoms with van der Waals surface area (Å²) in [5.41, 5.74) is 10.3. The second kappa shape index (κ2) is 7.16. The van der Waals surface area contributed by atoms with E-state index in [9.17, 15) is 18.0 Å². The van der Waals surface area contributed by atoms with Crippen molar-refractivity contribution in [1.29, 1.82) is 0 Å². The Labute approximate surface area is 109 Å². The molecule has 0 aliphatic rings. The molecule has 0 aliphatic heterocycles. The lowest BCUT2D eigenvalue weighted by Gasteiger charge is -2.07. The normalized spacial score (nSPS) is 16.8. The number of rotatable bonds is 8. The first kappa shape index (κ1) is 17.5. The molecule has 12 heteroatoms. The second-order valence-corrected chi connectivity index (χ2v) is 10.5. The number of carboxylic acid groups (broad SMARTS) is 2. The van der Waals surface area contributed by atoms with Gasteiger partial charge in [-0.2, -0.15) is 0 Å². The molecular weight excluding hydrogens is 308 g/mol. The van der Waals surface area contributed by atoms with Gasteiger partial charge in [-0.05, 0) is 0 Å². The highest BCUT2D eigenvalue weighted by Gasteiger charge is 2.40. The van der Waals surface area contributed by atoms with E-state index in [0.717, 1.165) is 0 Å². The standard InChI is InChI=1S/C6H12N2O7S3/c7-3(5(9)10)1-16-17(18(13,14)15)2-4(8)6(11)12/h3-4H,1-2,7-8H2,(H2-,9,10,11,12,13,14,15)/p+1/t3-,4-,17?/m0/s1. The maximum atomic E-state index is 11.0. The Morgan fingerprint density at radius 2 is 1.61 bits per heavy atom. The average molecular weight is 321 g/mol. The summed E-state index contributed by atoms with van der Waals surface area (Å²) in [6.45, 7) is 0. The molecule has 0 aromatic carbocycles. The van der Waals surface area contributed by atoms with Crippen LogP contribution in [0.15, 0.2) is 0 Å². The van der Waals surface area contributed by atoms with Gasteiger partial charge in [-0.15, -0.1) is 8.42 Å². The van der Waals surface area contributed by atoms with Crippen LogP contribution in [0.2, 0.25) is 0 Å². The number of hydrogen-bond donors (Lipinski definition) is 5. The monoisotopic (exact) mass is 321 g/mol. The Kier molecular flexibility index (Phi) is 6.94. The molecule has 0 amide bonds. The molecule has 0 saturated heterocycles. The second-order valence-electron chi connectivity index (χ2n) is 3.07. The van der Waals surface area contributed by atoms with Crippen LogP contribution in [0.4, 0.5) is 0 Å². The summed E-state index contributed by atoms with van der Waals surface area (Å²) in [7, 11) is -5.80. The molecule has 18 heavy (non-hydrogen) atoms. The Morgan fingerprint density at radius 1 is 1.17 bits per heavy atom. The highest BCUT2D eigenvalue weighted by atomic mass is 33.5. The van der Waals surface area contributed by atoms with Crippen molar-refractivity contribution in [2.75, 3.05) is 11.5 Å². The van der Waals surface area contributed by atoms with Crippen LogP contribution in [0.3, 0.4) is 0 Å². The van der Waals surface area contributed by atoms with Gasteiger partial charge in [-0.1, -0.05) is 0 Å². The van der Waals surface area contributed by atoms with E-state index in [1.165, 1.54) is 0 Å². The minimum absolute atomic E-state index is 0.287. The molecule has 0 rings (SSSR count). The van der Waals surface area contributed by atoms with Crippen LogP contribution >= 0.6 is 10.8 Å². The van der Waals surface area contributed by atoms with Crippen molar-refractivity contribution < 1.29 is 32.8 Å². The summed E-state index contributed by atoms with van der Waals surface area (Å²) in [5, 5.41) is 17.0. The minimum Gasteiger partial charge on any atom is -0.480 e. The zero-order valence-corrected chi connectivity index (χ0v) is 11.4. The summed E-state index contributed by atoms with van der Waals surface area (Å²) < 4.78 is 30.9. The first-order valence-corrected chi connectivity index (χ1v) is 9.20. The number of carbonyl (C=O) groups is 2. The topological polar surface area (TPSA) is 181 Å². The van der Waals surface area contributed by atoms with Crippen molar-refractivity contribution in [3.63, 3.8) is 0 Å². The molecule has 1 unspecified atom stereocenters. The van der Waals surface area contributed by atoms with Gasteiger partial charge in [-0.25, -0.2) is 4.55 Å². The molecule has 0 aromatic heterocycles. The van der Waals surface area contributed by atoms with Gasteiger partial charge in [0.1, 0.15) is 16.8 Å². The smallest absolute Gasteiger partial charge is 0.459 e. The van der Waals surface area contributed by atoms with Crippen LogP contribution in [0.25, 0.3) is 0 Å². The molecule has 0 bridgehead atoms. The fourth-order valence-electron chi connectivity index (χ4n) is 0.633. The van der Waals surface area contributed by atoms with Gasteiger partial charge < -0.3 is 21.7 Å². The summed E-state index contributed by atoms with van der Waals surface area (Å²) >= 11 is 0. The quantitative estimate of drug-likeness (QED) is 0.188. The third kappa shape index (κ3) is 6.42. The summed E-state index contributed by atoms with van der Waals surface area (Å²) in [6.07, 6.45) is 0. The Bertz CT molecular complexity index is 411. The highest BCUT2D eigenvalue weighted by Crippen LogP contribution is 2.23. The third-order valence-electron chi connectivity index (χ3n) is 1.56. The van der Waals surface area contributed by atoms with Gasteiger partial charge in [-0.3, -0.25) is 9.59 Å². The van der Waals surface area contributed by atoms with Crippen molar-refractivity contribution >= 4 is 40.8 Å². The lowest BCUT2D eigenvalue weighted by atomic mass is 10.4. The molecule has 0 radical (unpaired) electrons. The fourth-order valence-corrected chi connectivity index (χ4v) is 6.44. The first-order valence-electron chi connectivity index (χ1n) is 4.34. The maximum Gasteiger partial charge on any atom is 0.459 e. The Balaban J connectivity index is 4.63. The zero-order valence-electron chi connectivity index (χ0n) is 8.92.